The molecule has 2 heterocycles. The summed E-state index contributed by atoms with van der Waals surface area (Å²) in [5.41, 5.74) is 3.63. The van der Waals surface area contributed by atoms with Crippen molar-refractivity contribution in [1.82, 2.24) is 19.5 Å². The van der Waals surface area contributed by atoms with E-state index in [2.05, 4.69) is 36.1 Å². The fourth-order valence-electron chi connectivity index (χ4n) is 3.35. The van der Waals surface area contributed by atoms with Crippen LogP contribution >= 0.6 is 0 Å². The number of benzene rings is 1. The normalized spacial score (nSPS) is 14.1. The topological polar surface area (TPSA) is 50.5 Å². The van der Waals surface area contributed by atoms with Crippen molar-refractivity contribution in [2.75, 3.05) is 6.54 Å². The lowest BCUT2D eigenvalue weighted by molar-refractivity contribution is 0.0702. The summed E-state index contributed by atoms with van der Waals surface area (Å²) in [4.78, 5) is 19.7. The number of rotatable bonds is 6. The molecule has 0 N–H and O–H groups in total. The van der Waals surface area contributed by atoms with E-state index in [0.717, 1.165) is 30.6 Å². The quantitative estimate of drug-likeness (QED) is 0.682. The van der Waals surface area contributed by atoms with Gasteiger partial charge in [0.15, 0.2) is 5.65 Å². The van der Waals surface area contributed by atoms with Crippen LogP contribution in [0, 0.1) is 0 Å². The van der Waals surface area contributed by atoms with Crippen LogP contribution in [0.15, 0.2) is 48.7 Å². The zero-order valence-electron chi connectivity index (χ0n) is 15.3. The molecule has 1 aliphatic carbocycles. The van der Waals surface area contributed by atoms with Gasteiger partial charge >= 0.3 is 0 Å². The second-order valence-electron chi connectivity index (χ2n) is 7.27. The van der Waals surface area contributed by atoms with Crippen LogP contribution in [0.3, 0.4) is 0 Å². The highest BCUT2D eigenvalue weighted by Gasteiger charge is 2.29. The molecule has 26 heavy (non-hydrogen) atoms. The molecular weight excluding hydrogens is 324 g/mol. The Kier molecular flexibility index (Phi) is 4.45. The largest absolute Gasteiger partial charge is 0.335 e. The van der Waals surface area contributed by atoms with Crippen molar-refractivity contribution in [2.45, 2.75) is 45.1 Å². The fraction of sp³-hybridized carbons (Fsp3) is 0.381. The molecule has 0 bridgehead atoms. The van der Waals surface area contributed by atoms with E-state index in [-0.39, 0.29) is 11.9 Å². The standard InChI is InChI=1S/C21H24N4O/c1-15(2)24(13-11-16-6-4-3-5-7-16)21(26)18-14-19(17-8-9-17)25-20(23-18)10-12-22-25/h3-7,10,12,14-15,17H,8-9,11,13H2,1-2H3. The van der Waals surface area contributed by atoms with Gasteiger partial charge in [0.05, 0.1) is 6.20 Å². The molecule has 4 rings (SSSR count). The molecule has 0 radical (unpaired) electrons. The lowest BCUT2D eigenvalue weighted by Gasteiger charge is -2.26. The van der Waals surface area contributed by atoms with E-state index >= 15 is 0 Å². The third-order valence-corrected chi connectivity index (χ3v) is 4.97. The highest BCUT2D eigenvalue weighted by atomic mass is 16.2. The number of amides is 1. The maximum Gasteiger partial charge on any atom is 0.272 e. The van der Waals surface area contributed by atoms with Crippen LogP contribution in [0.2, 0.25) is 0 Å². The Morgan fingerprint density at radius 1 is 1.23 bits per heavy atom. The minimum atomic E-state index is 0.00142. The third-order valence-electron chi connectivity index (χ3n) is 4.97. The van der Waals surface area contributed by atoms with Crippen molar-refractivity contribution in [1.29, 1.82) is 0 Å². The minimum absolute atomic E-state index is 0.00142. The summed E-state index contributed by atoms with van der Waals surface area (Å²) in [5.74, 6) is 0.505. The van der Waals surface area contributed by atoms with Crippen molar-refractivity contribution in [3.05, 3.63) is 65.6 Å². The van der Waals surface area contributed by atoms with Gasteiger partial charge in [-0.2, -0.15) is 5.10 Å². The van der Waals surface area contributed by atoms with Gasteiger partial charge in [0.25, 0.3) is 5.91 Å². The van der Waals surface area contributed by atoms with E-state index in [1.807, 2.05) is 39.7 Å². The van der Waals surface area contributed by atoms with E-state index in [1.165, 1.54) is 5.56 Å². The van der Waals surface area contributed by atoms with Crippen LogP contribution in [0.1, 0.15) is 54.4 Å². The van der Waals surface area contributed by atoms with Crippen molar-refractivity contribution >= 4 is 11.6 Å². The number of fused-ring (bicyclic) bond motifs is 1. The van der Waals surface area contributed by atoms with Crippen molar-refractivity contribution in [2.24, 2.45) is 0 Å². The zero-order chi connectivity index (χ0) is 18.1. The molecule has 3 aromatic rings. The fourth-order valence-corrected chi connectivity index (χ4v) is 3.35. The first kappa shape index (κ1) is 16.8. The molecule has 5 heteroatoms. The molecule has 0 atom stereocenters. The summed E-state index contributed by atoms with van der Waals surface area (Å²) >= 11 is 0. The van der Waals surface area contributed by atoms with Gasteiger partial charge < -0.3 is 4.90 Å². The van der Waals surface area contributed by atoms with Crippen LogP contribution < -0.4 is 0 Å². The van der Waals surface area contributed by atoms with Gasteiger partial charge in [0.1, 0.15) is 5.69 Å². The van der Waals surface area contributed by atoms with Crippen LogP contribution in [0.4, 0.5) is 0 Å². The van der Waals surface area contributed by atoms with E-state index in [0.29, 0.717) is 18.2 Å². The Balaban J connectivity index is 1.60. The average Bonchev–Trinajstić information content (AvgIpc) is 3.38. The lowest BCUT2D eigenvalue weighted by Crippen LogP contribution is -2.39. The predicted octanol–water partition coefficient (Wildman–Crippen LogP) is 3.70. The molecule has 1 saturated carbocycles. The summed E-state index contributed by atoms with van der Waals surface area (Å²) < 4.78 is 1.87. The molecule has 0 spiro atoms. The predicted molar refractivity (Wildman–Crippen MR) is 101 cm³/mol. The Hall–Kier alpha value is -2.69. The lowest BCUT2D eigenvalue weighted by atomic mass is 10.1. The number of hydrogen-bond donors (Lipinski definition) is 0. The average molecular weight is 348 g/mol. The van der Waals surface area contributed by atoms with Crippen LogP contribution in [-0.4, -0.2) is 38.0 Å². The Labute approximate surface area is 153 Å². The van der Waals surface area contributed by atoms with Gasteiger partial charge in [0, 0.05) is 30.3 Å². The number of carbonyl (C=O) groups is 1. The monoisotopic (exact) mass is 348 g/mol. The van der Waals surface area contributed by atoms with Gasteiger partial charge in [-0.3, -0.25) is 4.79 Å². The van der Waals surface area contributed by atoms with E-state index < -0.39 is 0 Å². The van der Waals surface area contributed by atoms with Gasteiger partial charge in [-0.1, -0.05) is 30.3 Å². The maximum absolute atomic E-state index is 13.2. The summed E-state index contributed by atoms with van der Waals surface area (Å²) in [5, 5.41) is 4.37. The van der Waals surface area contributed by atoms with Crippen LogP contribution in [-0.2, 0) is 6.42 Å². The van der Waals surface area contributed by atoms with Gasteiger partial charge in [-0.25, -0.2) is 9.50 Å². The number of aromatic nitrogens is 3. The maximum atomic E-state index is 13.2. The Bertz CT molecular complexity index is 912. The summed E-state index contributed by atoms with van der Waals surface area (Å²) in [6.45, 7) is 4.80. The molecule has 134 valence electrons. The zero-order valence-corrected chi connectivity index (χ0v) is 15.3. The summed E-state index contributed by atoms with van der Waals surface area (Å²) in [6, 6.07) is 14.2. The van der Waals surface area contributed by atoms with Crippen molar-refractivity contribution in [3.63, 3.8) is 0 Å². The number of nitrogens with zero attached hydrogens (tertiary/aromatic N) is 4. The Morgan fingerprint density at radius 2 is 2.00 bits per heavy atom. The van der Waals surface area contributed by atoms with Crippen LogP contribution in [0.25, 0.3) is 5.65 Å². The first-order chi connectivity index (χ1) is 12.6. The Morgan fingerprint density at radius 3 is 2.69 bits per heavy atom. The first-order valence-corrected chi connectivity index (χ1v) is 9.33. The number of carbonyl (C=O) groups excluding carboxylic acids is 1. The highest BCUT2D eigenvalue weighted by Crippen LogP contribution is 2.40. The molecule has 1 amide bonds. The highest BCUT2D eigenvalue weighted by molar-refractivity contribution is 5.93. The molecule has 0 unspecified atom stereocenters. The van der Waals surface area contributed by atoms with Crippen molar-refractivity contribution < 1.29 is 4.79 Å². The molecule has 0 saturated heterocycles. The third kappa shape index (κ3) is 3.34. The molecule has 0 aliphatic heterocycles. The summed E-state index contributed by atoms with van der Waals surface area (Å²) in [6.07, 6.45) is 4.91. The second kappa shape index (κ2) is 6.90. The van der Waals surface area contributed by atoms with E-state index in [1.54, 1.807) is 6.20 Å². The molecular formula is C21H24N4O. The van der Waals surface area contributed by atoms with Gasteiger partial charge in [-0.15, -0.1) is 0 Å². The minimum Gasteiger partial charge on any atom is -0.335 e. The van der Waals surface area contributed by atoms with E-state index in [9.17, 15) is 4.79 Å². The SMILES string of the molecule is CC(C)N(CCc1ccccc1)C(=O)c1cc(C2CC2)n2nccc2n1. The van der Waals surface area contributed by atoms with E-state index in [4.69, 9.17) is 0 Å². The van der Waals surface area contributed by atoms with Gasteiger partial charge in [0.2, 0.25) is 0 Å². The van der Waals surface area contributed by atoms with Crippen LogP contribution in [0.5, 0.6) is 0 Å². The molecule has 1 aromatic carbocycles. The molecule has 2 aromatic heterocycles. The molecule has 1 aliphatic rings. The number of hydrogen-bond acceptors (Lipinski definition) is 3. The molecule has 5 nitrogen and oxygen atoms in total. The smallest absolute Gasteiger partial charge is 0.272 e. The summed E-state index contributed by atoms with van der Waals surface area (Å²) in [7, 11) is 0. The van der Waals surface area contributed by atoms with Crippen molar-refractivity contribution in [3.8, 4) is 0 Å². The van der Waals surface area contributed by atoms with Gasteiger partial charge in [-0.05, 0) is 44.7 Å². The first-order valence-electron chi connectivity index (χ1n) is 9.33. The second-order valence-corrected chi connectivity index (χ2v) is 7.27. The molecule has 1 fully saturated rings.